The van der Waals surface area contributed by atoms with Crippen LogP contribution in [-0.4, -0.2) is 37.2 Å². The van der Waals surface area contributed by atoms with Crippen LogP contribution in [0.25, 0.3) is 0 Å². The fraction of sp³-hybridized carbons (Fsp3) is 0.708. The van der Waals surface area contributed by atoms with Gasteiger partial charge in [0.2, 0.25) is 0 Å². The van der Waals surface area contributed by atoms with Crippen molar-refractivity contribution >= 4 is 17.9 Å². The predicted octanol–water partition coefficient (Wildman–Crippen LogP) is 22.6. The molecule has 6 nitrogen and oxygen atoms in total. The molecule has 0 aliphatic carbocycles. The van der Waals surface area contributed by atoms with Crippen molar-refractivity contribution in [2.75, 3.05) is 13.2 Å². The first-order chi connectivity index (χ1) is 38.5. The van der Waals surface area contributed by atoms with Gasteiger partial charge in [-0.05, 0) is 109 Å². The van der Waals surface area contributed by atoms with Crippen molar-refractivity contribution < 1.29 is 28.6 Å². The molecule has 0 heterocycles. The quantitative estimate of drug-likeness (QED) is 0.0261. The Labute approximate surface area is 482 Å². The number of allylic oxidation sites excluding steroid dienone is 18. The summed E-state index contributed by atoms with van der Waals surface area (Å²) in [6.45, 7) is 6.51. The average molecular weight is 1080 g/mol. The van der Waals surface area contributed by atoms with Crippen LogP contribution in [0.15, 0.2) is 109 Å². The summed E-state index contributed by atoms with van der Waals surface area (Å²) >= 11 is 0. The number of carbonyl (C=O) groups excluding carboxylic acids is 3. The molecule has 0 N–H and O–H groups in total. The third kappa shape index (κ3) is 62.9. The summed E-state index contributed by atoms with van der Waals surface area (Å²) in [6, 6.07) is 0. The lowest BCUT2D eigenvalue weighted by Gasteiger charge is -2.18. The number of rotatable bonds is 59. The van der Waals surface area contributed by atoms with Gasteiger partial charge in [0.05, 0.1) is 0 Å². The first-order valence-electron chi connectivity index (χ1n) is 32.9. The first kappa shape index (κ1) is 74.1. The van der Waals surface area contributed by atoms with Gasteiger partial charge < -0.3 is 14.2 Å². The van der Waals surface area contributed by atoms with E-state index < -0.39 is 6.10 Å². The molecule has 0 fully saturated rings. The van der Waals surface area contributed by atoms with Crippen molar-refractivity contribution in [3.05, 3.63) is 109 Å². The molecule has 0 aromatic carbocycles. The van der Waals surface area contributed by atoms with E-state index in [1.807, 2.05) is 0 Å². The molecule has 0 bridgehead atoms. The lowest BCUT2D eigenvalue weighted by atomic mass is 10.1. The average Bonchev–Trinajstić information content (AvgIpc) is 3.44. The molecular weight excluding hydrogens is 961 g/mol. The fourth-order valence-corrected chi connectivity index (χ4v) is 9.10. The first-order valence-corrected chi connectivity index (χ1v) is 32.9. The highest BCUT2D eigenvalue weighted by Gasteiger charge is 2.19. The van der Waals surface area contributed by atoms with Crippen molar-refractivity contribution in [1.29, 1.82) is 0 Å². The van der Waals surface area contributed by atoms with Crippen molar-refractivity contribution in [1.82, 2.24) is 0 Å². The van der Waals surface area contributed by atoms with Crippen LogP contribution in [0.4, 0.5) is 0 Å². The topological polar surface area (TPSA) is 78.9 Å². The highest BCUT2D eigenvalue weighted by molar-refractivity contribution is 5.71. The number of hydrogen-bond acceptors (Lipinski definition) is 6. The minimum absolute atomic E-state index is 0.0829. The highest BCUT2D eigenvalue weighted by atomic mass is 16.6. The highest BCUT2D eigenvalue weighted by Crippen LogP contribution is 2.16. The Morgan fingerprint density at radius 2 is 0.500 bits per heavy atom. The van der Waals surface area contributed by atoms with Crippen molar-refractivity contribution in [2.24, 2.45) is 0 Å². The molecule has 1 unspecified atom stereocenters. The van der Waals surface area contributed by atoms with Crippen LogP contribution in [-0.2, 0) is 28.6 Å². The van der Waals surface area contributed by atoms with Crippen LogP contribution in [0.3, 0.4) is 0 Å². The zero-order valence-corrected chi connectivity index (χ0v) is 51.2. The van der Waals surface area contributed by atoms with E-state index in [0.717, 1.165) is 122 Å². The van der Waals surface area contributed by atoms with E-state index in [-0.39, 0.29) is 31.1 Å². The van der Waals surface area contributed by atoms with Gasteiger partial charge >= 0.3 is 17.9 Å². The second-order valence-electron chi connectivity index (χ2n) is 21.6. The van der Waals surface area contributed by atoms with E-state index in [2.05, 4.69) is 130 Å². The third-order valence-electron chi connectivity index (χ3n) is 14.0. The van der Waals surface area contributed by atoms with Gasteiger partial charge in [-0.1, -0.05) is 291 Å². The summed E-state index contributed by atoms with van der Waals surface area (Å²) in [4.78, 5) is 38.3. The van der Waals surface area contributed by atoms with E-state index in [1.165, 1.54) is 148 Å². The monoisotopic (exact) mass is 1080 g/mol. The zero-order chi connectivity index (χ0) is 56.4. The Bertz CT molecular complexity index is 1570. The summed E-state index contributed by atoms with van der Waals surface area (Å²) in [6.07, 6.45) is 89.6. The molecule has 6 heteroatoms. The predicted molar refractivity (Wildman–Crippen MR) is 339 cm³/mol. The van der Waals surface area contributed by atoms with Crippen LogP contribution in [0.2, 0.25) is 0 Å². The van der Waals surface area contributed by atoms with Gasteiger partial charge in [-0.2, -0.15) is 0 Å². The Balaban J connectivity index is 4.27. The lowest BCUT2D eigenvalue weighted by Crippen LogP contribution is -2.30. The molecule has 446 valence electrons. The number of hydrogen-bond donors (Lipinski definition) is 0. The molecule has 0 rings (SSSR count). The maximum absolute atomic E-state index is 12.9. The number of carbonyl (C=O) groups is 3. The Hall–Kier alpha value is -3.93. The van der Waals surface area contributed by atoms with Crippen molar-refractivity contribution in [3.63, 3.8) is 0 Å². The summed E-state index contributed by atoms with van der Waals surface area (Å²) in [5.74, 6) is -0.894. The van der Waals surface area contributed by atoms with Gasteiger partial charge in [0, 0.05) is 19.3 Å². The van der Waals surface area contributed by atoms with E-state index >= 15 is 0 Å². The maximum atomic E-state index is 12.9. The second kappa shape index (κ2) is 65.6. The Morgan fingerprint density at radius 3 is 0.782 bits per heavy atom. The van der Waals surface area contributed by atoms with Gasteiger partial charge in [-0.25, -0.2) is 0 Å². The standard InChI is InChI=1S/C72H122O6/c1-4-7-10-13-16-19-22-24-26-28-30-32-33-34-35-36-37-38-39-41-42-44-46-48-50-53-56-59-62-65-71(74)77-68-69(67-76-70(73)64-61-58-55-52-21-18-15-12-9-6-3)78-72(75)66-63-60-57-54-51-49-47-45-43-40-31-29-27-25-23-20-17-14-11-8-5-2/h7,10,16,19,23-26,29-32,34-35,37-38,43,45,69H,4-6,8-9,11-15,17-18,20-22,27-28,33,36,39-42,44,46-68H2,1-3H3/b10-7-,19-16-,25-23-,26-24-,31-29-,32-30-,35-34-,38-37-,45-43-. The van der Waals surface area contributed by atoms with Crippen LogP contribution >= 0.6 is 0 Å². The van der Waals surface area contributed by atoms with Gasteiger partial charge in [0.15, 0.2) is 6.10 Å². The molecule has 0 aromatic rings. The Kier molecular flexibility index (Phi) is 62.3. The third-order valence-corrected chi connectivity index (χ3v) is 14.0. The fourth-order valence-electron chi connectivity index (χ4n) is 9.10. The molecule has 0 spiro atoms. The lowest BCUT2D eigenvalue weighted by molar-refractivity contribution is -0.167. The minimum atomic E-state index is -0.787. The molecule has 0 aliphatic heterocycles. The van der Waals surface area contributed by atoms with E-state index in [0.29, 0.717) is 19.3 Å². The largest absolute Gasteiger partial charge is 0.462 e. The number of ether oxygens (including phenoxy) is 3. The van der Waals surface area contributed by atoms with Gasteiger partial charge in [-0.15, -0.1) is 0 Å². The van der Waals surface area contributed by atoms with Gasteiger partial charge in [-0.3, -0.25) is 14.4 Å². The summed E-state index contributed by atoms with van der Waals surface area (Å²) < 4.78 is 16.9. The molecule has 0 amide bonds. The van der Waals surface area contributed by atoms with Crippen LogP contribution in [0, 0.1) is 0 Å². The van der Waals surface area contributed by atoms with Crippen molar-refractivity contribution in [2.45, 2.75) is 316 Å². The van der Waals surface area contributed by atoms with E-state index in [1.54, 1.807) is 0 Å². The summed E-state index contributed by atoms with van der Waals surface area (Å²) in [7, 11) is 0. The van der Waals surface area contributed by atoms with Gasteiger partial charge in [0.1, 0.15) is 13.2 Å². The number of esters is 3. The molecule has 0 saturated carbocycles. The van der Waals surface area contributed by atoms with Crippen LogP contribution in [0.5, 0.6) is 0 Å². The molecule has 78 heavy (non-hydrogen) atoms. The zero-order valence-electron chi connectivity index (χ0n) is 51.2. The second-order valence-corrected chi connectivity index (χ2v) is 21.6. The molecule has 0 saturated heterocycles. The van der Waals surface area contributed by atoms with Gasteiger partial charge in [0.25, 0.3) is 0 Å². The number of unbranched alkanes of at least 4 members (excludes halogenated alkanes) is 30. The van der Waals surface area contributed by atoms with Crippen LogP contribution in [0.1, 0.15) is 310 Å². The van der Waals surface area contributed by atoms with Crippen LogP contribution < -0.4 is 0 Å². The molecule has 0 aromatic heterocycles. The SMILES string of the molecule is CC/C=C\C/C=C\C/C=C\C/C=C\C/C=C\C/C=C\CCCCCCCCCCCCC(=O)OCC(COC(=O)CCCCCCCCCCCC)OC(=O)CCCCCCCC/C=C\C/C=C\C/C=C\CCCCCCC. The normalized spacial score (nSPS) is 12.8. The Morgan fingerprint density at radius 1 is 0.269 bits per heavy atom. The summed E-state index contributed by atoms with van der Waals surface area (Å²) in [5, 5.41) is 0. The maximum Gasteiger partial charge on any atom is 0.306 e. The van der Waals surface area contributed by atoms with Crippen molar-refractivity contribution in [3.8, 4) is 0 Å². The summed E-state index contributed by atoms with van der Waals surface area (Å²) in [5.41, 5.74) is 0. The molecule has 0 radical (unpaired) electrons. The molecule has 1 atom stereocenters. The van der Waals surface area contributed by atoms with E-state index in [9.17, 15) is 14.4 Å². The smallest absolute Gasteiger partial charge is 0.306 e. The molecule has 0 aliphatic rings. The minimum Gasteiger partial charge on any atom is -0.462 e. The van der Waals surface area contributed by atoms with E-state index in [4.69, 9.17) is 14.2 Å². The molecular formula is C72H122O6.